The van der Waals surface area contributed by atoms with E-state index in [4.69, 9.17) is 8.94 Å². The molecule has 0 spiro atoms. The minimum absolute atomic E-state index is 0.139. The Hall–Kier alpha value is -2.11. The summed E-state index contributed by atoms with van der Waals surface area (Å²) in [6.07, 6.45) is 1.52. The van der Waals surface area contributed by atoms with E-state index in [2.05, 4.69) is 10.1 Å². The first-order valence-corrected chi connectivity index (χ1v) is 4.32. The molecule has 6 heteroatoms. The van der Waals surface area contributed by atoms with Crippen LogP contribution in [0.3, 0.4) is 0 Å². The smallest absolute Gasteiger partial charge is 0.238 e. The summed E-state index contributed by atoms with van der Waals surface area (Å²) in [6.45, 7) is 0. The van der Waals surface area contributed by atoms with Crippen LogP contribution in [-0.4, -0.2) is 16.1 Å². The predicted molar refractivity (Wildman–Crippen MR) is 45.3 cm³/mol. The summed E-state index contributed by atoms with van der Waals surface area (Å²) in [5, 5.41) is 13.8. The normalized spacial score (nSPS) is 10.4. The second-order valence-electron chi connectivity index (χ2n) is 2.86. The van der Waals surface area contributed by atoms with Gasteiger partial charge in [-0.2, -0.15) is 4.98 Å². The van der Waals surface area contributed by atoms with Crippen LogP contribution in [0.15, 0.2) is 27.3 Å². The van der Waals surface area contributed by atoms with Gasteiger partial charge in [0.2, 0.25) is 11.7 Å². The van der Waals surface area contributed by atoms with E-state index in [1.807, 2.05) is 0 Å². The number of hydrogen-bond donors (Lipinski definition) is 0. The van der Waals surface area contributed by atoms with Crippen LogP contribution in [0.25, 0.3) is 11.6 Å². The number of rotatable bonds is 4. The van der Waals surface area contributed by atoms with Crippen LogP contribution in [-0.2, 0) is 11.2 Å². The molecule has 0 aliphatic rings. The van der Waals surface area contributed by atoms with Gasteiger partial charge in [-0.15, -0.1) is 0 Å². The molecule has 0 saturated carbocycles. The third-order valence-electron chi connectivity index (χ3n) is 1.75. The molecular weight excluding hydrogens is 200 g/mol. The van der Waals surface area contributed by atoms with Crippen molar-refractivity contribution in [1.82, 2.24) is 10.1 Å². The van der Waals surface area contributed by atoms with Crippen molar-refractivity contribution in [2.75, 3.05) is 0 Å². The van der Waals surface area contributed by atoms with Crippen molar-refractivity contribution in [3.05, 3.63) is 24.3 Å². The molecule has 0 saturated heterocycles. The van der Waals surface area contributed by atoms with Crippen molar-refractivity contribution in [2.24, 2.45) is 0 Å². The molecule has 2 heterocycles. The van der Waals surface area contributed by atoms with Crippen molar-refractivity contribution in [2.45, 2.75) is 12.8 Å². The van der Waals surface area contributed by atoms with Gasteiger partial charge >= 0.3 is 0 Å². The van der Waals surface area contributed by atoms with Crippen LogP contribution < -0.4 is 5.11 Å². The van der Waals surface area contributed by atoms with Crippen molar-refractivity contribution in [1.29, 1.82) is 0 Å². The Morgan fingerprint density at radius 2 is 2.40 bits per heavy atom. The lowest BCUT2D eigenvalue weighted by molar-refractivity contribution is -0.305. The standard InChI is InChI=1S/C9H8N2O4/c12-8(13)4-3-7-10-9(11-15-7)6-2-1-5-14-6/h1-2,5H,3-4H2,(H,12,13)/p-1. The van der Waals surface area contributed by atoms with Crippen molar-refractivity contribution in [3.63, 3.8) is 0 Å². The fourth-order valence-electron chi connectivity index (χ4n) is 1.07. The highest BCUT2D eigenvalue weighted by molar-refractivity contribution is 5.64. The molecule has 0 radical (unpaired) electrons. The average molecular weight is 207 g/mol. The second-order valence-corrected chi connectivity index (χ2v) is 2.86. The molecule has 0 N–H and O–H groups in total. The van der Waals surface area contributed by atoms with Crippen LogP contribution >= 0.6 is 0 Å². The van der Waals surface area contributed by atoms with Crippen LogP contribution in [0.5, 0.6) is 0 Å². The fraction of sp³-hybridized carbons (Fsp3) is 0.222. The lowest BCUT2D eigenvalue weighted by Crippen LogP contribution is -2.22. The monoisotopic (exact) mass is 207 g/mol. The number of hydrogen-bond acceptors (Lipinski definition) is 6. The van der Waals surface area contributed by atoms with Crippen LogP contribution in [0, 0.1) is 0 Å². The molecular formula is C9H7N2O4-. The summed E-state index contributed by atoms with van der Waals surface area (Å²) in [5.41, 5.74) is 0. The number of carbonyl (C=O) groups is 1. The van der Waals surface area contributed by atoms with Crippen molar-refractivity contribution in [3.8, 4) is 11.6 Å². The van der Waals surface area contributed by atoms with E-state index in [0.717, 1.165) is 0 Å². The fourth-order valence-corrected chi connectivity index (χ4v) is 1.07. The third-order valence-corrected chi connectivity index (χ3v) is 1.75. The SMILES string of the molecule is O=C([O-])CCc1nc(-c2ccco2)no1. The maximum Gasteiger partial charge on any atom is 0.238 e. The average Bonchev–Trinajstić information content (AvgIpc) is 2.85. The molecule has 0 amide bonds. The number of aromatic nitrogens is 2. The predicted octanol–water partition coefficient (Wildman–Crippen LogP) is 0.0121. The topological polar surface area (TPSA) is 92.2 Å². The Kier molecular flexibility index (Phi) is 2.49. The Balaban J connectivity index is 2.08. The zero-order valence-electron chi connectivity index (χ0n) is 7.67. The van der Waals surface area contributed by atoms with E-state index in [0.29, 0.717) is 11.6 Å². The number of furan rings is 1. The Morgan fingerprint density at radius 3 is 3.07 bits per heavy atom. The maximum absolute atomic E-state index is 10.2. The number of nitrogens with zero attached hydrogens (tertiary/aromatic N) is 2. The number of carbonyl (C=O) groups excluding carboxylic acids is 1. The lowest BCUT2D eigenvalue weighted by atomic mass is 10.3. The van der Waals surface area contributed by atoms with Gasteiger partial charge < -0.3 is 18.8 Å². The van der Waals surface area contributed by atoms with E-state index >= 15 is 0 Å². The van der Waals surface area contributed by atoms with Crippen LogP contribution in [0.1, 0.15) is 12.3 Å². The zero-order valence-corrected chi connectivity index (χ0v) is 7.67. The van der Waals surface area contributed by atoms with Gasteiger partial charge in [0.05, 0.1) is 6.26 Å². The van der Waals surface area contributed by atoms with Gasteiger partial charge in [-0.05, 0) is 18.6 Å². The lowest BCUT2D eigenvalue weighted by Gasteiger charge is -1.95. The minimum Gasteiger partial charge on any atom is -0.550 e. The minimum atomic E-state index is -1.15. The molecule has 15 heavy (non-hydrogen) atoms. The molecule has 0 bridgehead atoms. The van der Waals surface area contributed by atoms with Gasteiger partial charge in [0.1, 0.15) is 0 Å². The molecule has 0 aliphatic carbocycles. The highest BCUT2D eigenvalue weighted by atomic mass is 16.5. The number of carboxylic acids is 1. The van der Waals surface area contributed by atoms with E-state index in [-0.39, 0.29) is 18.7 Å². The quantitative estimate of drug-likeness (QED) is 0.701. The van der Waals surface area contributed by atoms with Crippen molar-refractivity contribution >= 4 is 5.97 Å². The van der Waals surface area contributed by atoms with Gasteiger partial charge in [-0.25, -0.2) is 0 Å². The largest absolute Gasteiger partial charge is 0.550 e. The molecule has 6 nitrogen and oxygen atoms in total. The molecule has 0 atom stereocenters. The number of aliphatic carboxylic acids is 1. The molecule has 0 unspecified atom stereocenters. The van der Waals surface area contributed by atoms with E-state index in [9.17, 15) is 9.90 Å². The number of carboxylic acid groups (broad SMARTS) is 1. The van der Waals surface area contributed by atoms with E-state index < -0.39 is 5.97 Å². The Labute approximate surface area is 84.5 Å². The Morgan fingerprint density at radius 1 is 1.53 bits per heavy atom. The van der Waals surface area contributed by atoms with Gasteiger partial charge in [0.25, 0.3) is 0 Å². The summed E-state index contributed by atoms with van der Waals surface area (Å²) in [6, 6.07) is 3.39. The second kappa shape index (κ2) is 3.95. The first-order chi connectivity index (χ1) is 7.25. The molecule has 2 rings (SSSR count). The van der Waals surface area contributed by atoms with Crippen LogP contribution in [0.4, 0.5) is 0 Å². The first kappa shape index (κ1) is 9.45. The highest BCUT2D eigenvalue weighted by Gasteiger charge is 2.10. The van der Waals surface area contributed by atoms with Gasteiger partial charge in [0, 0.05) is 12.4 Å². The highest BCUT2D eigenvalue weighted by Crippen LogP contribution is 2.15. The van der Waals surface area contributed by atoms with E-state index in [1.165, 1.54) is 6.26 Å². The summed E-state index contributed by atoms with van der Waals surface area (Å²) in [5.74, 6) is -0.0925. The van der Waals surface area contributed by atoms with Gasteiger partial charge in [0.15, 0.2) is 5.76 Å². The summed E-state index contributed by atoms with van der Waals surface area (Å²) in [7, 11) is 0. The molecule has 0 aromatic carbocycles. The number of aryl methyl sites for hydroxylation is 1. The first-order valence-electron chi connectivity index (χ1n) is 4.32. The summed E-state index contributed by atoms with van der Waals surface area (Å²) >= 11 is 0. The van der Waals surface area contributed by atoms with Crippen molar-refractivity contribution < 1.29 is 18.8 Å². The molecule has 2 aromatic heterocycles. The Bertz CT molecular complexity index is 446. The third kappa shape index (κ3) is 2.22. The molecule has 2 aromatic rings. The van der Waals surface area contributed by atoms with Crippen LogP contribution in [0.2, 0.25) is 0 Å². The molecule has 78 valence electrons. The molecule has 0 aliphatic heterocycles. The maximum atomic E-state index is 10.2. The molecule has 0 fully saturated rings. The summed E-state index contributed by atoms with van der Waals surface area (Å²) < 4.78 is 9.87. The summed E-state index contributed by atoms with van der Waals surface area (Å²) in [4.78, 5) is 14.2. The zero-order chi connectivity index (χ0) is 10.7. The van der Waals surface area contributed by atoms with Gasteiger partial charge in [-0.1, -0.05) is 5.16 Å². The van der Waals surface area contributed by atoms with Gasteiger partial charge in [-0.3, -0.25) is 0 Å². The van der Waals surface area contributed by atoms with E-state index in [1.54, 1.807) is 12.1 Å².